The van der Waals surface area contributed by atoms with E-state index in [1.807, 2.05) is 0 Å². The number of sulfonamides is 1. The van der Waals surface area contributed by atoms with Crippen LogP contribution >= 0.6 is 0 Å². The Morgan fingerprint density at radius 1 is 1.37 bits per heavy atom. The maximum absolute atomic E-state index is 12.5. The van der Waals surface area contributed by atoms with Crippen LogP contribution in [0, 0.1) is 11.8 Å². The van der Waals surface area contributed by atoms with Gasteiger partial charge in [-0.3, -0.25) is 0 Å². The van der Waals surface area contributed by atoms with Gasteiger partial charge in [0.1, 0.15) is 5.76 Å². The number of nitrogens with zero attached hydrogens (tertiary/aromatic N) is 1. The highest BCUT2D eigenvalue weighted by Crippen LogP contribution is 2.27. The second kappa shape index (κ2) is 5.64. The smallest absolute Gasteiger partial charge is 0.276 e. The van der Waals surface area contributed by atoms with Gasteiger partial charge in [-0.2, -0.15) is 4.31 Å². The predicted octanol–water partition coefficient (Wildman–Crippen LogP) is 1.67. The Hall–Kier alpha value is -0.850. The standard InChI is InChI=1S/C13H22N2O3S/c1-10-6-7-15(9-11(10)2)19(16,17)13-5-4-12(18-13)8-14-3/h4-5,10-11,14H,6-9H2,1-3H3. The molecule has 0 aromatic carbocycles. The van der Waals surface area contributed by atoms with Crippen LogP contribution in [0.1, 0.15) is 26.0 Å². The number of piperidine rings is 1. The van der Waals surface area contributed by atoms with E-state index in [-0.39, 0.29) is 5.09 Å². The van der Waals surface area contributed by atoms with E-state index in [1.165, 1.54) is 0 Å². The highest BCUT2D eigenvalue weighted by molar-refractivity contribution is 7.89. The first-order chi connectivity index (χ1) is 8.95. The Morgan fingerprint density at radius 2 is 2.11 bits per heavy atom. The fraction of sp³-hybridized carbons (Fsp3) is 0.692. The van der Waals surface area contributed by atoms with Crippen molar-refractivity contribution in [3.8, 4) is 0 Å². The molecule has 2 heterocycles. The first kappa shape index (κ1) is 14.6. The van der Waals surface area contributed by atoms with Gasteiger partial charge in [-0.25, -0.2) is 8.42 Å². The fourth-order valence-corrected chi connectivity index (χ4v) is 3.82. The molecular formula is C13H22N2O3S. The second-order valence-corrected chi connectivity index (χ2v) is 7.23. The molecule has 0 bridgehead atoms. The van der Waals surface area contributed by atoms with E-state index in [0.717, 1.165) is 6.42 Å². The number of hydrogen-bond donors (Lipinski definition) is 1. The minimum Gasteiger partial charge on any atom is -0.447 e. The lowest BCUT2D eigenvalue weighted by molar-refractivity contribution is 0.209. The van der Waals surface area contributed by atoms with Crippen LogP contribution < -0.4 is 5.32 Å². The van der Waals surface area contributed by atoms with Gasteiger partial charge in [-0.05, 0) is 37.4 Å². The first-order valence-electron chi connectivity index (χ1n) is 6.68. The minimum absolute atomic E-state index is 0.0551. The van der Waals surface area contributed by atoms with Crippen molar-refractivity contribution in [1.29, 1.82) is 0 Å². The third-order valence-electron chi connectivity index (χ3n) is 3.88. The molecule has 0 spiro atoms. The second-order valence-electron chi connectivity index (χ2n) is 5.36. The van der Waals surface area contributed by atoms with Crippen molar-refractivity contribution in [3.63, 3.8) is 0 Å². The van der Waals surface area contributed by atoms with Gasteiger partial charge < -0.3 is 9.73 Å². The third kappa shape index (κ3) is 3.01. The normalized spacial score (nSPS) is 25.6. The Labute approximate surface area is 115 Å². The van der Waals surface area contributed by atoms with E-state index in [4.69, 9.17) is 4.42 Å². The van der Waals surface area contributed by atoms with Crippen molar-refractivity contribution < 1.29 is 12.8 Å². The van der Waals surface area contributed by atoms with E-state index < -0.39 is 10.0 Å². The number of furan rings is 1. The highest BCUT2D eigenvalue weighted by atomic mass is 32.2. The molecule has 5 nitrogen and oxygen atoms in total. The van der Waals surface area contributed by atoms with Crippen LogP contribution in [0.5, 0.6) is 0 Å². The summed E-state index contributed by atoms with van der Waals surface area (Å²) in [5.41, 5.74) is 0. The Morgan fingerprint density at radius 3 is 2.74 bits per heavy atom. The predicted molar refractivity (Wildman–Crippen MR) is 73.2 cm³/mol. The molecule has 108 valence electrons. The zero-order valence-electron chi connectivity index (χ0n) is 11.7. The topological polar surface area (TPSA) is 62.6 Å². The average Bonchev–Trinajstić information content (AvgIpc) is 2.82. The largest absolute Gasteiger partial charge is 0.447 e. The molecule has 1 N–H and O–H groups in total. The van der Waals surface area contributed by atoms with Gasteiger partial charge in [0.05, 0.1) is 6.54 Å². The molecule has 0 amide bonds. The first-order valence-corrected chi connectivity index (χ1v) is 8.12. The molecule has 1 fully saturated rings. The van der Waals surface area contributed by atoms with Gasteiger partial charge in [0.25, 0.3) is 10.0 Å². The monoisotopic (exact) mass is 286 g/mol. The van der Waals surface area contributed by atoms with Crippen molar-refractivity contribution in [2.45, 2.75) is 31.9 Å². The van der Waals surface area contributed by atoms with E-state index in [9.17, 15) is 8.42 Å². The van der Waals surface area contributed by atoms with Crippen LogP contribution in [0.3, 0.4) is 0 Å². The quantitative estimate of drug-likeness (QED) is 0.914. The summed E-state index contributed by atoms with van der Waals surface area (Å²) in [4.78, 5) is 0. The van der Waals surface area contributed by atoms with Gasteiger partial charge in [0, 0.05) is 13.1 Å². The molecule has 0 aliphatic carbocycles. The molecule has 0 saturated carbocycles. The summed E-state index contributed by atoms with van der Waals surface area (Å²) in [7, 11) is -1.68. The molecule has 1 saturated heterocycles. The molecule has 0 radical (unpaired) electrons. The highest BCUT2D eigenvalue weighted by Gasteiger charge is 2.33. The van der Waals surface area contributed by atoms with E-state index in [1.54, 1.807) is 23.5 Å². The third-order valence-corrected chi connectivity index (χ3v) is 5.62. The van der Waals surface area contributed by atoms with E-state index >= 15 is 0 Å². The fourth-order valence-electron chi connectivity index (χ4n) is 2.34. The van der Waals surface area contributed by atoms with Crippen LogP contribution in [0.4, 0.5) is 0 Å². The van der Waals surface area contributed by atoms with Crippen LogP contribution in [0.2, 0.25) is 0 Å². The summed E-state index contributed by atoms with van der Waals surface area (Å²) < 4.78 is 31.9. The SMILES string of the molecule is CNCc1ccc(S(=O)(=O)N2CCC(C)C(C)C2)o1. The lowest BCUT2D eigenvalue weighted by Crippen LogP contribution is -2.42. The number of nitrogens with one attached hydrogen (secondary N) is 1. The molecule has 2 rings (SSSR count). The Kier molecular flexibility index (Phi) is 4.32. The average molecular weight is 286 g/mol. The molecule has 1 aromatic heterocycles. The summed E-state index contributed by atoms with van der Waals surface area (Å²) in [6.45, 7) is 5.96. The lowest BCUT2D eigenvalue weighted by atomic mass is 9.90. The Bertz CT molecular complexity index is 524. The van der Waals surface area contributed by atoms with E-state index in [2.05, 4.69) is 19.2 Å². The van der Waals surface area contributed by atoms with Crippen LogP contribution in [0.25, 0.3) is 0 Å². The van der Waals surface area contributed by atoms with Gasteiger partial charge in [-0.1, -0.05) is 13.8 Å². The summed E-state index contributed by atoms with van der Waals surface area (Å²) in [6.07, 6.45) is 0.907. The summed E-state index contributed by atoms with van der Waals surface area (Å²) in [6, 6.07) is 3.25. The van der Waals surface area contributed by atoms with Gasteiger partial charge in [0.15, 0.2) is 0 Å². The molecule has 1 aromatic rings. The van der Waals surface area contributed by atoms with Gasteiger partial charge in [-0.15, -0.1) is 0 Å². The molecular weight excluding hydrogens is 264 g/mol. The molecule has 19 heavy (non-hydrogen) atoms. The van der Waals surface area contributed by atoms with Crippen molar-refractivity contribution in [3.05, 3.63) is 17.9 Å². The van der Waals surface area contributed by atoms with Crippen molar-refractivity contribution in [2.75, 3.05) is 20.1 Å². The molecule has 2 unspecified atom stereocenters. The van der Waals surface area contributed by atoms with Crippen molar-refractivity contribution >= 4 is 10.0 Å². The Balaban J connectivity index is 2.17. The molecule has 2 atom stereocenters. The summed E-state index contributed by atoms with van der Waals surface area (Å²) in [5.74, 6) is 1.60. The number of hydrogen-bond acceptors (Lipinski definition) is 4. The molecule has 1 aliphatic heterocycles. The number of rotatable bonds is 4. The molecule has 6 heteroatoms. The zero-order valence-corrected chi connectivity index (χ0v) is 12.5. The molecule has 1 aliphatic rings. The van der Waals surface area contributed by atoms with Gasteiger partial charge in [0.2, 0.25) is 5.09 Å². The summed E-state index contributed by atoms with van der Waals surface area (Å²) in [5, 5.41) is 2.99. The maximum Gasteiger partial charge on any atom is 0.276 e. The van der Waals surface area contributed by atoms with E-state index in [0.29, 0.717) is 37.2 Å². The maximum atomic E-state index is 12.5. The van der Waals surface area contributed by atoms with Crippen LogP contribution in [-0.2, 0) is 16.6 Å². The van der Waals surface area contributed by atoms with Crippen molar-refractivity contribution in [1.82, 2.24) is 9.62 Å². The van der Waals surface area contributed by atoms with Crippen molar-refractivity contribution in [2.24, 2.45) is 11.8 Å². The summed E-state index contributed by atoms with van der Waals surface area (Å²) >= 11 is 0. The van der Waals surface area contributed by atoms with Crippen LogP contribution in [-0.4, -0.2) is 32.9 Å². The van der Waals surface area contributed by atoms with Gasteiger partial charge >= 0.3 is 0 Å². The minimum atomic E-state index is -3.48. The zero-order chi connectivity index (χ0) is 14.0. The lowest BCUT2D eigenvalue weighted by Gasteiger charge is -2.33. The van der Waals surface area contributed by atoms with Crippen LogP contribution in [0.15, 0.2) is 21.6 Å².